The molecule has 0 bridgehead atoms. The molecule has 1 saturated carbocycles. The number of carbonyl (C=O) groups excluding carboxylic acids is 4. The maximum Gasteiger partial charge on any atom is 0.408 e. The highest BCUT2D eigenvalue weighted by atomic mass is 16.7. The fourth-order valence-electron chi connectivity index (χ4n) is 5.21. The molecule has 0 spiro atoms. The average molecular weight is 745 g/mol. The molecule has 1 aliphatic carbocycles. The molecule has 1 fully saturated rings. The van der Waals surface area contributed by atoms with Crippen molar-refractivity contribution in [3.05, 3.63) is 83.2 Å². The Morgan fingerprint density at radius 1 is 1.06 bits per heavy atom. The van der Waals surface area contributed by atoms with Gasteiger partial charge in [-0.3, -0.25) is 15.5 Å². The van der Waals surface area contributed by atoms with E-state index in [1.165, 1.54) is 25.3 Å². The van der Waals surface area contributed by atoms with Gasteiger partial charge in [-0.05, 0) is 94.0 Å². The van der Waals surface area contributed by atoms with Crippen molar-refractivity contribution in [2.75, 3.05) is 25.8 Å². The topological polar surface area (TPSA) is 224 Å². The van der Waals surface area contributed by atoms with Gasteiger partial charge in [-0.1, -0.05) is 26.5 Å². The minimum Gasteiger partial charge on any atom is -0.496 e. The minimum absolute atomic E-state index is 0.107. The summed E-state index contributed by atoms with van der Waals surface area (Å²) >= 11 is 0. The zero-order valence-corrected chi connectivity index (χ0v) is 31.3. The zero-order chi connectivity index (χ0) is 39.7. The average Bonchev–Trinajstić information content (AvgIpc) is 3.96. The number of aromatic nitrogens is 1. The first-order valence-electron chi connectivity index (χ1n) is 17.4. The minimum atomic E-state index is -1.23. The summed E-state index contributed by atoms with van der Waals surface area (Å²) in [4.78, 5) is 57.5. The maximum atomic E-state index is 13.9. The van der Waals surface area contributed by atoms with Crippen LogP contribution in [0.1, 0.15) is 91.4 Å². The van der Waals surface area contributed by atoms with Crippen LogP contribution >= 0.6 is 0 Å². The van der Waals surface area contributed by atoms with Crippen LogP contribution in [0.4, 0.5) is 10.5 Å². The van der Waals surface area contributed by atoms with Gasteiger partial charge in [-0.25, -0.2) is 19.4 Å². The molecule has 3 aromatic rings. The Labute approximate surface area is 314 Å². The Kier molecular flexibility index (Phi) is 13.5. The molecular formula is C39H48N6O9. The largest absolute Gasteiger partial charge is 0.496 e. The Balaban J connectivity index is 1.68. The first kappa shape index (κ1) is 41.0. The lowest BCUT2D eigenvalue weighted by Crippen LogP contribution is -2.47. The molecule has 1 aliphatic rings. The Bertz CT molecular complexity index is 1880. The molecule has 54 heavy (non-hydrogen) atoms. The molecule has 2 amide bonds. The Morgan fingerprint density at radius 3 is 2.31 bits per heavy atom. The van der Waals surface area contributed by atoms with Gasteiger partial charge in [0.2, 0.25) is 6.79 Å². The first-order chi connectivity index (χ1) is 25.5. The Morgan fingerprint density at radius 2 is 1.74 bits per heavy atom. The van der Waals surface area contributed by atoms with Gasteiger partial charge >= 0.3 is 18.0 Å². The third-order valence-corrected chi connectivity index (χ3v) is 8.25. The second-order valence-electron chi connectivity index (χ2n) is 14.1. The van der Waals surface area contributed by atoms with E-state index < -0.39 is 54.5 Å². The molecule has 7 N–H and O–H groups in total. The van der Waals surface area contributed by atoms with Crippen LogP contribution < -0.4 is 26.4 Å². The molecule has 4 rings (SSSR count). The molecule has 2 aromatic carbocycles. The number of aliphatic hydroxyl groups excluding tert-OH is 1. The highest BCUT2D eigenvalue weighted by Crippen LogP contribution is 2.35. The predicted octanol–water partition coefficient (Wildman–Crippen LogP) is 5.13. The number of ether oxygens (including phenoxy) is 4. The Hall–Kier alpha value is -5.80. The van der Waals surface area contributed by atoms with Gasteiger partial charge in [-0.2, -0.15) is 0 Å². The fraction of sp³-hybridized carbons (Fsp3) is 0.385. The summed E-state index contributed by atoms with van der Waals surface area (Å²) < 4.78 is 21.5. The van der Waals surface area contributed by atoms with Gasteiger partial charge in [-0.15, -0.1) is 0 Å². The summed E-state index contributed by atoms with van der Waals surface area (Å²) in [7, 11) is 1.44. The van der Waals surface area contributed by atoms with E-state index in [0.717, 1.165) is 12.8 Å². The lowest BCUT2D eigenvalue weighted by atomic mass is 9.94. The highest BCUT2D eigenvalue weighted by Gasteiger charge is 2.30. The number of amidine groups is 1. The van der Waals surface area contributed by atoms with Crippen LogP contribution in [0, 0.1) is 17.2 Å². The third-order valence-electron chi connectivity index (χ3n) is 8.25. The van der Waals surface area contributed by atoms with Gasteiger partial charge < -0.3 is 40.4 Å². The molecule has 2 atom stereocenters. The number of benzene rings is 2. The number of methoxy groups -OCH3 is 1. The molecule has 1 heterocycles. The van der Waals surface area contributed by atoms with Crippen LogP contribution in [-0.2, 0) is 19.0 Å². The summed E-state index contributed by atoms with van der Waals surface area (Å²) in [6.07, 6.45) is 1.55. The van der Waals surface area contributed by atoms with Gasteiger partial charge in [0.15, 0.2) is 5.69 Å². The number of hydrogen-bond acceptors (Lipinski definition) is 12. The van der Waals surface area contributed by atoms with Crippen LogP contribution in [-0.4, -0.2) is 72.0 Å². The van der Waals surface area contributed by atoms with E-state index in [0.29, 0.717) is 35.0 Å². The standard InChI is InChI=1S/C39H48N6O9/c1-8-23-17-28(34(46)43-25-13-11-24(12-14-25)33(40)41)27(18-30(23)51-7)26-15-16-29(35(47)42-19-22-9-10-22)44-32(26)37(49)53-20-52-36(48)31(21(2)3)45-38(50)54-39(4,5)6/h8,11-18,21-22,31,35,42,47H,1,9-10,19-20H2,2-7H3,(H3,40,41)(H,43,46)(H,45,50)/t31-,35?/m0/s1. The molecule has 15 heteroatoms. The van der Waals surface area contributed by atoms with E-state index in [4.69, 9.17) is 30.1 Å². The van der Waals surface area contributed by atoms with Crippen molar-refractivity contribution in [3.63, 3.8) is 0 Å². The molecule has 1 aromatic heterocycles. The fourth-order valence-corrected chi connectivity index (χ4v) is 5.21. The summed E-state index contributed by atoms with van der Waals surface area (Å²) in [6.45, 7) is 12.0. The van der Waals surface area contributed by atoms with Gasteiger partial charge in [0, 0.05) is 40.0 Å². The molecular weight excluding hydrogens is 696 g/mol. The molecule has 1 unspecified atom stereocenters. The van der Waals surface area contributed by atoms with Crippen LogP contribution in [0.5, 0.6) is 5.75 Å². The van der Waals surface area contributed by atoms with E-state index in [2.05, 4.69) is 27.5 Å². The predicted molar refractivity (Wildman–Crippen MR) is 202 cm³/mol. The molecule has 15 nitrogen and oxygen atoms in total. The number of nitrogens with one attached hydrogen (secondary N) is 4. The van der Waals surface area contributed by atoms with Gasteiger partial charge in [0.05, 0.1) is 12.8 Å². The monoisotopic (exact) mass is 744 g/mol. The SMILES string of the molecule is C=Cc1cc(C(=O)Nc2ccc(C(=N)N)cc2)c(-c2ccc(C(O)NCC3CC3)nc2C(=O)OCOC(=O)[C@@H](NC(=O)OC(C)(C)C)C(C)C)cc1OC. The number of pyridine rings is 1. The van der Waals surface area contributed by atoms with E-state index in [1.807, 2.05) is 0 Å². The molecule has 288 valence electrons. The first-order valence-corrected chi connectivity index (χ1v) is 17.4. The number of amides is 2. The number of nitrogen functional groups attached to an aromatic ring is 1. The lowest BCUT2D eigenvalue weighted by Gasteiger charge is -2.24. The number of hydrogen-bond donors (Lipinski definition) is 6. The number of aliphatic hydroxyl groups is 1. The summed E-state index contributed by atoms with van der Waals surface area (Å²) in [5.41, 5.74) is 6.42. The smallest absolute Gasteiger partial charge is 0.408 e. The van der Waals surface area contributed by atoms with Crippen LogP contribution in [0.25, 0.3) is 17.2 Å². The molecule has 0 saturated heterocycles. The maximum absolute atomic E-state index is 13.9. The second kappa shape index (κ2) is 17.8. The van der Waals surface area contributed by atoms with Crippen molar-refractivity contribution in [1.29, 1.82) is 5.41 Å². The molecule has 0 radical (unpaired) electrons. The van der Waals surface area contributed by atoms with Gasteiger partial charge in [0.25, 0.3) is 5.91 Å². The number of rotatable bonds is 16. The van der Waals surface area contributed by atoms with E-state index in [9.17, 15) is 24.3 Å². The molecule has 0 aliphatic heterocycles. The van der Waals surface area contributed by atoms with E-state index in [1.54, 1.807) is 71.0 Å². The number of carbonyl (C=O) groups is 4. The summed E-state index contributed by atoms with van der Waals surface area (Å²) in [5, 5.41) is 26.9. The van der Waals surface area contributed by atoms with Gasteiger partial charge in [0.1, 0.15) is 29.5 Å². The van der Waals surface area contributed by atoms with Crippen molar-refractivity contribution < 1.29 is 43.2 Å². The second-order valence-corrected chi connectivity index (χ2v) is 14.1. The number of esters is 2. The highest BCUT2D eigenvalue weighted by molar-refractivity contribution is 6.11. The number of alkyl carbamates (subject to hydrolysis) is 1. The quantitative estimate of drug-likeness (QED) is 0.0486. The lowest BCUT2D eigenvalue weighted by molar-refractivity contribution is -0.156. The van der Waals surface area contributed by atoms with Crippen LogP contribution in [0.2, 0.25) is 0 Å². The zero-order valence-electron chi connectivity index (χ0n) is 31.3. The van der Waals surface area contributed by atoms with E-state index >= 15 is 0 Å². The summed E-state index contributed by atoms with van der Waals surface area (Å²) in [5.74, 6) is -2.22. The van der Waals surface area contributed by atoms with Crippen LogP contribution in [0.15, 0.2) is 55.1 Å². The number of nitrogens with two attached hydrogens (primary N) is 1. The number of nitrogens with zero attached hydrogens (tertiary/aromatic N) is 1. The van der Waals surface area contributed by atoms with Crippen molar-refractivity contribution >= 4 is 41.5 Å². The van der Waals surface area contributed by atoms with E-state index in [-0.39, 0.29) is 33.9 Å². The van der Waals surface area contributed by atoms with Crippen molar-refractivity contribution in [2.45, 2.75) is 65.3 Å². The third kappa shape index (κ3) is 11.1. The van der Waals surface area contributed by atoms with Crippen molar-refractivity contribution in [1.82, 2.24) is 15.6 Å². The normalized spacial score (nSPS) is 13.6. The van der Waals surface area contributed by atoms with Crippen molar-refractivity contribution in [2.24, 2.45) is 17.6 Å². The van der Waals surface area contributed by atoms with Crippen LogP contribution in [0.3, 0.4) is 0 Å². The van der Waals surface area contributed by atoms with Crippen molar-refractivity contribution in [3.8, 4) is 16.9 Å². The summed E-state index contributed by atoms with van der Waals surface area (Å²) in [6, 6.07) is 11.4. The number of anilines is 1.